The summed E-state index contributed by atoms with van der Waals surface area (Å²) in [7, 11) is -3.85. The van der Waals surface area contributed by atoms with Crippen LogP contribution in [0.2, 0.25) is 5.02 Å². The summed E-state index contributed by atoms with van der Waals surface area (Å²) in [6.07, 6.45) is 2.58. The lowest BCUT2D eigenvalue weighted by Gasteiger charge is -2.08. The lowest BCUT2D eigenvalue weighted by atomic mass is 10.4. The molecular weight excluding hydrogens is 358 g/mol. The van der Waals surface area contributed by atoms with Crippen LogP contribution in [0.4, 0.5) is 5.69 Å². The van der Waals surface area contributed by atoms with Crippen LogP contribution in [0.15, 0.2) is 44.9 Å². The maximum absolute atomic E-state index is 12.1. The van der Waals surface area contributed by atoms with Gasteiger partial charge in [0.05, 0.1) is 5.69 Å². The predicted octanol–water partition coefficient (Wildman–Crippen LogP) is 1.99. The van der Waals surface area contributed by atoms with Crippen LogP contribution >= 0.6 is 27.5 Å². The third kappa shape index (κ3) is 3.14. The summed E-state index contributed by atoms with van der Waals surface area (Å²) < 4.78 is 26.8. The number of pyridine rings is 2. The van der Waals surface area contributed by atoms with E-state index in [0.29, 0.717) is 4.60 Å². The van der Waals surface area contributed by atoms with Gasteiger partial charge in [0.1, 0.15) is 14.5 Å². The Bertz CT molecular complexity index is 776. The highest BCUT2D eigenvalue weighted by molar-refractivity contribution is 9.10. The van der Waals surface area contributed by atoms with E-state index in [1.165, 1.54) is 6.20 Å². The largest absolute Gasteiger partial charge is 0.326 e. The number of aromatic amines is 1. The number of sulfonamides is 1. The summed E-state index contributed by atoms with van der Waals surface area (Å²) in [5.41, 5.74) is -0.270. The van der Waals surface area contributed by atoms with Crippen LogP contribution in [-0.2, 0) is 10.0 Å². The Morgan fingerprint density at radius 2 is 2.16 bits per heavy atom. The molecule has 0 aliphatic rings. The van der Waals surface area contributed by atoms with Crippen molar-refractivity contribution in [3.05, 3.63) is 50.6 Å². The fourth-order valence-electron chi connectivity index (χ4n) is 1.26. The molecule has 0 aliphatic heterocycles. The van der Waals surface area contributed by atoms with Crippen molar-refractivity contribution in [2.24, 2.45) is 0 Å². The van der Waals surface area contributed by atoms with Crippen LogP contribution in [-0.4, -0.2) is 18.4 Å². The van der Waals surface area contributed by atoms with Gasteiger partial charge in [-0.15, -0.1) is 0 Å². The smallest absolute Gasteiger partial charge is 0.266 e. The van der Waals surface area contributed by atoms with Crippen molar-refractivity contribution >= 4 is 43.2 Å². The molecule has 6 nitrogen and oxygen atoms in total. The maximum Gasteiger partial charge on any atom is 0.266 e. The Balaban J connectivity index is 2.41. The molecule has 2 aromatic rings. The summed E-state index contributed by atoms with van der Waals surface area (Å²) >= 11 is 8.72. The average molecular weight is 365 g/mol. The molecule has 2 N–H and O–H groups in total. The Morgan fingerprint density at radius 1 is 1.42 bits per heavy atom. The number of nitrogens with zero attached hydrogens (tertiary/aromatic N) is 1. The van der Waals surface area contributed by atoms with E-state index in [2.05, 4.69) is 30.6 Å². The Morgan fingerprint density at radius 3 is 2.79 bits per heavy atom. The highest BCUT2D eigenvalue weighted by atomic mass is 79.9. The molecule has 0 aromatic carbocycles. The van der Waals surface area contributed by atoms with Gasteiger partial charge in [0, 0.05) is 12.4 Å². The molecule has 2 heterocycles. The molecule has 100 valence electrons. The first-order valence-electron chi connectivity index (χ1n) is 4.92. The fourth-order valence-corrected chi connectivity index (χ4v) is 3.04. The van der Waals surface area contributed by atoms with Crippen molar-refractivity contribution in [3.63, 3.8) is 0 Å². The van der Waals surface area contributed by atoms with Gasteiger partial charge in [0.25, 0.3) is 15.6 Å². The van der Waals surface area contributed by atoms with Crippen LogP contribution < -0.4 is 10.3 Å². The molecule has 0 saturated carbocycles. The first kappa shape index (κ1) is 14.0. The first-order chi connectivity index (χ1) is 8.90. The van der Waals surface area contributed by atoms with Crippen LogP contribution in [0.1, 0.15) is 0 Å². The fraction of sp³-hybridized carbons (Fsp3) is 0. The topological polar surface area (TPSA) is 91.9 Å². The van der Waals surface area contributed by atoms with Gasteiger partial charge in [0.15, 0.2) is 0 Å². The number of H-pyrrole nitrogens is 1. The van der Waals surface area contributed by atoms with Crippen LogP contribution in [0.25, 0.3) is 0 Å². The molecule has 0 spiro atoms. The van der Waals surface area contributed by atoms with Crippen LogP contribution in [0.5, 0.6) is 0 Å². The zero-order chi connectivity index (χ0) is 14.0. The number of hydrogen-bond donors (Lipinski definition) is 2. The predicted molar refractivity (Wildman–Crippen MR) is 74.8 cm³/mol. The standard InChI is InChI=1S/C10H7BrClN3O3S/c11-9-8(2-1-3-13-9)15-19(17,18)6-4-7(12)10(16)14-5-6/h1-5,15H,(H,14,16). The molecular formula is C10H7BrClN3O3S. The normalized spacial score (nSPS) is 11.3. The monoisotopic (exact) mass is 363 g/mol. The van der Waals surface area contributed by atoms with Gasteiger partial charge >= 0.3 is 0 Å². The summed E-state index contributed by atoms with van der Waals surface area (Å²) in [5.74, 6) is 0. The third-order valence-electron chi connectivity index (χ3n) is 2.15. The van der Waals surface area contributed by atoms with Crippen LogP contribution in [0.3, 0.4) is 0 Å². The minimum atomic E-state index is -3.85. The molecule has 0 radical (unpaired) electrons. The summed E-state index contributed by atoms with van der Waals surface area (Å²) in [4.78, 5) is 17.1. The SMILES string of the molecule is O=c1[nH]cc(S(=O)(=O)Nc2cccnc2Br)cc1Cl. The summed E-state index contributed by atoms with van der Waals surface area (Å²) in [6, 6.07) is 4.21. The van der Waals surface area contributed by atoms with Gasteiger partial charge in [-0.2, -0.15) is 0 Å². The van der Waals surface area contributed by atoms with Gasteiger partial charge in [0.2, 0.25) is 0 Å². The van der Waals surface area contributed by atoms with Gasteiger partial charge in [-0.3, -0.25) is 9.52 Å². The van der Waals surface area contributed by atoms with E-state index in [4.69, 9.17) is 11.6 Å². The molecule has 0 amide bonds. The lowest BCUT2D eigenvalue weighted by Crippen LogP contribution is -2.16. The molecule has 19 heavy (non-hydrogen) atoms. The van der Waals surface area contributed by atoms with Crippen molar-refractivity contribution in [1.82, 2.24) is 9.97 Å². The van der Waals surface area contributed by atoms with E-state index in [0.717, 1.165) is 12.3 Å². The Hall–Kier alpha value is -1.38. The quantitative estimate of drug-likeness (QED) is 0.815. The Kier molecular flexibility index (Phi) is 3.93. The second-order valence-electron chi connectivity index (χ2n) is 3.46. The highest BCUT2D eigenvalue weighted by Crippen LogP contribution is 2.22. The molecule has 0 aliphatic carbocycles. The van der Waals surface area contributed by atoms with E-state index in [-0.39, 0.29) is 15.6 Å². The summed E-state index contributed by atoms with van der Waals surface area (Å²) in [6.45, 7) is 0. The molecule has 0 unspecified atom stereocenters. The van der Waals surface area contributed by atoms with Crippen molar-refractivity contribution in [2.45, 2.75) is 4.90 Å². The van der Waals surface area contributed by atoms with Crippen molar-refractivity contribution in [1.29, 1.82) is 0 Å². The number of halogens is 2. The van der Waals surface area contributed by atoms with Gasteiger partial charge in [-0.05, 0) is 34.1 Å². The molecule has 0 bridgehead atoms. The molecule has 0 atom stereocenters. The molecule has 0 fully saturated rings. The van der Waals surface area contributed by atoms with E-state index in [9.17, 15) is 13.2 Å². The van der Waals surface area contributed by atoms with Crippen molar-refractivity contribution < 1.29 is 8.42 Å². The van der Waals surface area contributed by atoms with Gasteiger partial charge < -0.3 is 4.98 Å². The first-order valence-corrected chi connectivity index (χ1v) is 7.57. The van der Waals surface area contributed by atoms with Crippen LogP contribution in [0, 0.1) is 0 Å². The van der Waals surface area contributed by atoms with E-state index in [1.807, 2.05) is 0 Å². The molecule has 9 heteroatoms. The minimum Gasteiger partial charge on any atom is -0.326 e. The maximum atomic E-state index is 12.1. The van der Waals surface area contributed by atoms with Gasteiger partial charge in [-0.1, -0.05) is 11.6 Å². The number of nitrogens with one attached hydrogen (secondary N) is 2. The average Bonchev–Trinajstić information content (AvgIpc) is 2.35. The number of aromatic nitrogens is 2. The van der Waals surface area contributed by atoms with Gasteiger partial charge in [-0.25, -0.2) is 13.4 Å². The van der Waals surface area contributed by atoms with Crippen molar-refractivity contribution in [3.8, 4) is 0 Å². The zero-order valence-electron chi connectivity index (χ0n) is 9.22. The second-order valence-corrected chi connectivity index (χ2v) is 6.30. The molecule has 2 rings (SSSR count). The number of hydrogen-bond acceptors (Lipinski definition) is 4. The van der Waals surface area contributed by atoms with Crippen molar-refractivity contribution in [2.75, 3.05) is 4.72 Å². The minimum absolute atomic E-state index is 0.146. The third-order valence-corrected chi connectivity index (χ3v) is 4.40. The molecule has 0 saturated heterocycles. The molecule has 2 aromatic heterocycles. The Labute approximate surface area is 122 Å². The van der Waals surface area contributed by atoms with E-state index in [1.54, 1.807) is 12.1 Å². The zero-order valence-corrected chi connectivity index (χ0v) is 12.4. The van der Waals surface area contributed by atoms with E-state index >= 15 is 0 Å². The summed E-state index contributed by atoms with van der Waals surface area (Å²) in [5, 5.41) is -0.201. The van der Waals surface area contributed by atoms with E-state index < -0.39 is 15.6 Å². The highest BCUT2D eigenvalue weighted by Gasteiger charge is 2.17. The second kappa shape index (κ2) is 5.32. The lowest BCUT2D eigenvalue weighted by molar-refractivity contribution is 0.600. The number of anilines is 1. The number of rotatable bonds is 3.